The summed E-state index contributed by atoms with van der Waals surface area (Å²) < 4.78 is 0. The molecule has 0 saturated heterocycles. The van der Waals surface area contributed by atoms with Gasteiger partial charge in [-0.3, -0.25) is 14.4 Å². The zero-order valence-electron chi connectivity index (χ0n) is 15.4. The molecule has 1 aliphatic rings. The Bertz CT molecular complexity index is 1350. The molecule has 2 heterocycles. The van der Waals surface area contributed by atoms with Crippen molar-refractivity contribution in [3.8, 4) is 0 Å². The Morgan fingerprint density at radius 2 is 1.67 bits per heavy atom. The average Bonchev–Trinajstić information content (AvgIpc) is 3.25. The van der Waals surface area contributed by atoms with Crippen molar-refractivity contribution in [2.45, 2.75) is 5.03 Å². The summed E-state index contributed by atoms with van der Waals surface area (Å²) in [6.07, 6.45) is 1.49. The fourth-order valence-electron chi connectivity index (χ4n) is 3.39. The van der Waals surface area contributed by atoms with Crippen molar-refractivity contribution in [2.75, 3.05) is 11.1 Å². The lowest BCUT2D eigenvalue weighted by Crippen LogP contribution is -2.21. The highest BCUT2D eigenvalue weighted by Crippen LogP contribution is 2.30. The number of fused-ring (bicyclic) bond motifs is 3. The van der Waals surface area contributed by atoms with Gasteiger partial charge in [-0.15, -0.1) is 11.3 Å². The van der Waals surface area contributed by atoms with Gasteiger partial charge in [0, 0.05) is 33.3 Å². The number of amides is 1. The van der Waals surface area contributed by atoms with Crippen LogP contribution in [0.5, 0.6) is 0 Å². The van der Waals surface area contributed by atoms with Crippen molar-refractivity contribution < 1.29 is 14.4 Å². The minimum Gasteiger partial charge on any atom is -0.325 e. The molecule has 2 aromatic heterocycles. The Labute approximate surface area is 179 Å². The molecule has 1 N–H and O–H groups in total. The standard InChI is InChI=1S/C22H13N3O3S2/c26-18(10-30-22-16-7-8-29-21(16)23-11-24-22)25-12-5-6-15-17(9-12)20(28)14-4-2-1-3-13(14)19(15)27/h1-9,11H,10H2,(H,25,26). The van der Waals surface area contributed by atoms with Crippen LogP contribution in [0.4, 0.5) is 5.69 Å². The molecular weight excluding hydrogens is 418 g/mol. The van der Waals surface area contributed by atoms with Gasteiger partial charge < -0.3 is 5.32 Å². The van der Waals surface area contributed by atoms with Crippen LogP contribution in [0, 0.1) is 0 Å². The third-order valence-corrected chi connectivity index (χ3v) is 6.60. The molecule has 2 aromatic carbocycles. The van der Waals surface area contributed by atoms with Crippen molar-refractivity contribution in [3.63, 3.8) is 0 Å². The first kappa shape index (κ1) is 18.7. The summed E-state index contributed by atoms with van der Waals surface area (Å²) in [6, 6.07) is 13.5. The van der Waals surface area contributed by atoms with Crippen LogP contribution in [0.1, 0.15) is 31.8 Å². The molecule has 0 aliphatic heterocycles. The number of nitrogens with zero attached hydrogens (tertiary/aromatic N) is 2. The normalized spacial score (nSPS) is 12.5. The lowest BCUT2D eigenvalue weighted by molar-refractivity contribution is -0.113. The van der Waals surface area contributed by atoms with Crippen LogP contribution < -0.4 is 5.32 Å². The number of rotatable bonds is 4. The maximum absolute atomic E-state index is 12.8. The minimum absolute atomic E-state index is 0.161. The molecule has 0 bridgehead atoms. The van der Waals surface area contributed by atoms with Crippen LogP contribution in [0.2, 0.25) is 0 Å². The molecule has 8 heteroatoms. The number of benzene rings is 2. The van der Waals surface area contributed by atoms with E-state index in [4.69, 9.17) is 0 Å². The van der Waals surface area contributed by atoms with Gasteiger partial charge in [-0.2, -0.15) is 0 Å². The van der Waals surface area contributed by atoms with Crippen molar-refractivity contribution in [2.24, 2.45) is 0 Å². The number of thioether (sulfide) groups is 1. The van der Waals surface area contributed by atoms with Crippen LogP contribution in [0.15, 0.2) is 65.3 Å². The van der Waals surface area contributed by atoms with E-state index in [1.807, 2.05) is 11.4 Å². The van der Waals surface area contributed by atoms with E-state index in [1.54, 1.807) is 42.5 Å². The van der Waals surface area contributed by atoms with Gasteiger partial charge >= 0.3 is 0 Å². The quantitative estimate of drug-likeness (QED) is 0.339. The topological polar surface area (TPSA) is 89.0 Å². The van der Waals surface area contributed by atoms with Gasteiger partial charge in [-0.25, -0.2) is 9.97 Å². The first-order chi connectivity index (χ1) is 14.6. The molecule has 30 heavy (non-hydrogen) atoms. The van der Waals surface area contributed by atoms with Crippen LogP contribution in [0.25, 0.3) is 10.2 Å². The second kappa shape index (κ2) is 7.47. The highest BCUT2D eigenvalue weighted by atomic mass is 32.2. The Kier molecular flexibility index (Phi) is 4.65. The molecule has 146 valence electrons. The van der Waals surface area contributed by atoms with E-state index in [0.717, 1.165) is 15.2 Å². The third kappa shape index (κ3) is 3.20. The van der Waals surface area contributed by atoms with Gasteiger partial charge in [0.1, 0.15) is 16.2 Å². The zero-order chi connectivity index (χ0) is 20.7. The Hall–Kier alpha value is -3.36. The number of anilines is 1. The van der Waals surface area contributed by atoms with E-state index in [-0.39, 0.29) is 23.2 Å². The third-order valence-electron chi connectivity index (χ3n) is 4.77. The molecule has 1 amide bonds. The predicted molar refractivity (Wildman–Crippen MR) is 117 cm³/mol. The molecule has 0 unspecified atom stereocenters. The fraction of sp³-hybridized carbons (Fsp3) is 0.0455. The Balaban J connectivity index is 1.34. The first-order valence-corrected chi connectivity index (χ1v) is 10.9. The number of nitrogens with one attached hydrogen (secondary N) is 1. The maximum Gasteiger partial charge on any atom is 0.234 e. The molecule has 0 radical (unpaired) electrons. The van der Waals surface area contributed by atoms with E-state index < -0.39 is 0 Å². The summed E-state index contributed by atoms with van der Waals surface area (Å²) in [5.74, 6) is -0.463. The van der Waals surface area contributed by atoms with Gasteiger partial charge in [-0.05, 0) is 29.6 Å². The van der Waals surface area contributed by atoms with E-state index in [1.165, 1.54) is 29.4 Å². The molecule has 0 saturated carbocycles. The molecule has 0 fully saturated rings. The molecule has 6 nitrogen and oxygen atoms in total. The van der Waals surface area contributed by atoms with Crippen LogP contribution in [-0.4, -0.2) is 33.2 Å². The number of hydrogen-bond donors (Lipinski definition) is 1. The van der Waals surface area contributed by atoms with Gasteiger partial charge in [0.2, 0.25) is 5.91 Å². The summed E-state index contributed by atoms with van der Waals surface area (Å²) in [7, 11) is 0. The summed E-state index contributed by atoms with van der Waals surface area (Å²) >= 11 is 2.85. The van der Waals surface area contributed by atoms with E-state index in [2.05, 4.69) is 15.3 Å². The zero-order valence-corrected chi connectivity index (χ0v) is 17.0. The number of thiophene rings is 1. The molecule has 1 aliphatic carbocycles. The van der Waals surface area contributed by atoms with E-state index in [0.29, 0.717) is 27.9 Å². The first-order valence-electron chi connectivity index (χ1n) is 9.05. The second-order valence-corrected chi connectivity index (χ2v) is 8.48. The molecule has 0 atom stereocenters. The summed E-state index contributed by atoms with van der Waals surface area (Å²) in [5.41, 5.74) is 1.93. The largest absolute Gasteiger partial charge is 0.325 e. The van der Waals surface area contributed by atoms with Gasteiger partial charge in [-0.1, -0.05) is 36.0 Å². The Morgan fingerprint density at radius 1 is 0.933 bits per heavy atom. The monoisotopic (exact) mass is 431 g/mol. The smallest absolute Gasteiger partial charge is 0.234 e. The molecule has 5 rings (SSSR count). The summed E-state index contributed by atoms with van der Waals surface area (Å²) in [4.78, 5) is 47.3. The van der Waals surface area contributed by atoms with Crippen molar-refractivity contribution >= 4 is 56.5 Å². The number of carbonyl (C=O) groups is 3. The fourth-order valence-corrected chi connectivity index (χ4v) is 4.97. The van der Waals surface area contributed by atoms with Crippen LogP contribution in [0.3, 0.4) is 0 Å². The van der Waals surface area contributed by atoms with Gasteiger partial charge in [0.15, 0.2) is 11.6 Å². The van der Waals surface area contributed by atoms with E-state index >= 15 is 0 Å². The lowest BCUT2D eigenvalue weighted by atomic mass is 9.84. The SMILES string of the molecule is O=C(CSc1ncnc2sccc12)Nc1ccc2c(c1)C(=O)c1ccccc1C2=O. The van der Waals surface area contributed by atoms with E-state index in [9.17, 15) is 14.4 Å². The lowest BCUT2D eigenvalue weighted by Gasteiger charge is -2.18. The van der Waals surface area contributed by atoms with Gasteiger partial charge in [0.25, 0.3) is 0 Å². The Morgan fingerprint density at radius 3 is 2.47 bits per heavy atom. The maximum atomic E-state index is 12.8. The highest BCUT2D eigenvalue weighted by Gasteiger charge is 2.29. The summed E-state index contributed by atoms with van der Waals surface area (Å²) in [6.45, 7) is 0. The predicted octanol–water partition coefficient (Wildman–Crippen LogP) is 4.20. The van der Waals surface area contributed by atoms with Crippen molar-refractivity contribution in [1.29, 1.82) is 0 Å². The minimum atomic E-state index is -0.225. The van der Waals surface area contributed by atoms with Crippen molar-refractivity contribution in [3.05, 3.63) is 82.5 Å². The number of hydrogen-bond acceptors (Lipinski definition) is 7. The van der Waals surface area contributed by atoms with Crippen molar-refractivity contribution in [1.82, 2.24) is 9.97 Å². The second-order valence-electron chi connectivity index (χ2n) is 6.62. The highest BCUT2D eigenvalue weighted by molar-refractivity contribution is 8.00. The van der Waals surface area contributed by atoms with Crippen LogP contribution in [-0.2, 0) is 4.79 Å². The summed E-state index contributed by atoms with van der Waals surface area (Å²) in [5, 5.41) is 6.41. The van der Waals surface area contributed by atoms with Crippen LogP contribution >= 0.6 is 23.1 Å². The average molecular weight is 431 g/mol. The molecular formula is C22H13N3O3S2. The molecule has 4 aromatic rings. The number of ketones is 2. The number of carbonyl (C=O) groups excluding carboxylic acids is 3. The molecule has 0 spiro atoms. The van der Waals surface area contributed by atoms with Gasteiger partial charge in [0.05, 0.1) is 5.75 Å². The number of aromatic nitrogens is 2.